The van der Waals surface area contributed by atoms with Crippen LogP contribution < -0.4 is 10.6 Å². The maximum atomic E-state index is 11.3. The van der Waals surface area contributed by atoms with Gasteiger partial charge in [-0.25, -0.2) is 4.79 Å². The predicted molar refractivity (Wildman–Crippen MR) is 53.7 cm³/mol. The Labute approximate surface area is 86.4 Å². The first kappa shape index (κ1) is 9.51. The maximum Gasteiger partial charge on any atom is 0.414 e. The highest BCUT2D eigenvalue weighted by Gasteiger charge is 2.26. The zero-order chi connectivity index (χ0) is 10.8. The summed E-state index contributed by atoms with van der Waals surface area (Å²) in [5, 5.41) is 0. The van der Waals surface area contributed by atoms with Crippen LogP contribution in [-0.2, 0) is 4.74 Å². The fourth-order valence-corrected chi connectivity index (χ4v) is 1.53. The van der Waals surface area contributed by atoms with Crippen molar-refractivity contribution >= 4 is 17.7 Å². The number of rotatable bonds is 2. The molecule has 0 saturated carbocycles. The molecule has 0 spiro atoms. The van der Waals surface area contributed by atoms with Gasteiger partial charge in [0.15, 0.2) is 0 Å². The molecule has 0 aliphatic carbocycles. The number of primary amides is 1. The number of para-hydroxylation sites is 1. The largest absolute Gasteiger partial charge is 0.447 e. The van der Waals surface area contributed by atoms with Crippen molar-refractivity contribution in [2.45, 2.75) is 0 Å². The Morgan fingerprint density at radius 1 is 1.40 bits per heavy atom. The average Bonchev–Trinajstić information content (AvgIpc) is 2.64. The fourth-order valence-electron chi connectivity index (χ4n) is 1.53. The molecule has 1 saturated heterocycles. The lowest BCUT2D eigenvalue weighted by molar-refractivity contribution is 0.100. The summed E-state index contributed by atoms with van der Waals surface area (Å²) in [6.45, 7) is 0.787. The average molecular weight is 206 g/mol. The second kappa shape index (κ2) is 3.61. The van der Waals surface area contributed by atoms with E-state index in [1.165, 1.54) is 4.90 Å². The van der Waals surface area contributed by atoms with Crippen LogP contribution in [-0.4, -0.2) is 25.2 Å². The first-order chi connectivity index (χ1) is 7.20. The molecule has 2 N–H and O–H groups in total. The third kappa shape index (κ3) is 1.63. The van der Waals surface area contributed by atoms with E-state index in [2.05, 4.69) is 0 Å². The molecule has 1 aliphatic rings. The van der Waals surface area contributed by atoms with E-state index in [0.717, 1.165) is 0 Å². The minimum atomic E-state index is -0.551. The van der Waals surface area contributed by atoms with Crippen LogP contribution in [0.1, 0.15) is 10.4 Å². The smallest absolute Gasteiger partial charge is 0.414 e. The van der Waals surface area contributed by atoms with E-state index in [0.29, 0.717) is 24.4 Å². The molecule has 2 rings (SSSR count). The number of hydrogen-bond donors (Lipinski definition) is 1. The standard InChI is InChI=1S/C10H10N2O3/c11-9(13)7-3-1-2-4-8(7)12-5-6-15-10(12)14/h1-4H,5-6H2,(H2,11,13). The van der Waals surface area contributed by atoms with E-state index in [1.54, 1.807) is 24.3 Å². The summed E-state index contributed by atoms with van der Waals surface area (Å²) >= 11 is 0. The van der Waals surface area contributed by atoms with E-state index in [4.69, 9.17) is 10.5 Å². The molecule has 0 aromatic heterocycles. The number of cyclic esters (lactones) is 1. The van der Waals surface area contributed by atoms with E-state index < -0.39 is 12.0 Å². The summed E-state index contributed by atoms with van der Waals surface area (Å²) in [6, 6.07) is 6.70. The molecule has 78 valence electrons. The molecule has 15 heavy (non-hydrogen) atoms. The number of nitrogens with two attached hydrogens (primary N) is 1. The van der Waals surface area contributed by atoms with Crippen molar-refractivity contribution in [2.75, 3.05) is 18.1 Å². The molecule has 1 aromatic rings. The van der Waals surface area contributed by atoms with E-state index in [-0.39, 0.29) is 0 Å². The molecule has 0 bridgehead atoms. The Hall–Kier alpha value is -2.04. The van der Waals surface area contributed by atoms with E-state index in [9.17, 15) is 9.59 Å². The monoisotopic (exact) mass is 206 g/mol. The minimum Gasteiger partial charge on any atom is -0.447 e. The first-order valence-corrected chi connectivity index (χ1v) is 4.53. The van der Waals surface area contributed by atoms with Gasteiger partial charge in [-0.2, -0.15) is 0 Å². The molecule has 0 atom stereocenters. The number of hydrogen-bond acceptors (Lipinski definition) is 3. The zero-order valence-electron chi connectivity index (χ0n) is 7.97. The SMILES string of the molecule is NC(=O)c1ccccc1N1CCOC1=O. The van der Waals surface area contributed by atoms with Crippen LogP contribution in [0.5, 0.6) is 0 Å². The second-order valence-electron chi connectivity index (χ2n) is 3.15. The Kier molecular flexibility index (Phi) is 2.29. The van der Waals surface area contributed by atoms with Gasteiger partial charge in [-0.15, -0.1) is 0 Å². The van der Waals surface area contributed by atoms with Crippen LogP contribution in [0.3, 0.4) is 0 Å². The molecule has 0 unspecified atom stereocenters. The molecular weight excluding hydrogens is 196 g/mol. The maximum absolute atomic E-state index is 11.3. The highest BCUT2D eigenvalue weighted by molar-refractivity contribution is 6.03. The van der Waals surface area contributed by atoms with Crippen molar-refractivity contribution in [1.29, 1.82) is 0 Å². The number of benzene rings is 1. The highest BCUT2D eigenvalue weighted by Crippen LogP contribution is 2.22. The summed E-state index contributed by atoms with van der Waals surface area (Å²) in [5.74, 6) is -0.551. The third-order valence-electron chi connectivity index (χ3n) is 2.22. The zero-order valence-corrected chi connectivity index (χ0v) is 7.97. The van der Waals surface area contributed by atoms with Crippen LogP contribution in [0.25, 0.3) is 0 Å². The van der Waals surface area contributed by atoms with Crippen molar-refractivity contribution in [2.24, 2.45) is 5.73 Å². The van der Waals surface area contributed by atoms with Crippen LogP contribution in [0.2, 0.25) is 0 Å². The van der Waals surface area contributed by atoms with Crippen molar-refractivity contribution in [3.05, 3.63) is 29.8 Å². The predicted octanol–water partition coefficient (Wildman–Crippen LogP) is 0.742. The van der Waals surface area contributed by atoms with Gasteiger partial charge >= 0.3 is 6.09 Å². The molecule has 1 heterocycles. The van der Waals surface area contributed by atoms with E-state index in [1.807, 2.05) is 0 Å². The normalized spacial score (nSPS) is 15.2. The van der Waals surface area contributed by atoms with Gasteiger partial charge in [0.1, 0.15) is 6.61 Å². The lowest BCUT2D eigenvalue weighted by Gasteiger charge is -2.15. The lowest BCUT2D eigenvalue weighted by Crippen LogP contribution is -2.26. The molecule has 5 heteroatoms. The number of carbonyl (C=O) groups excluding carboxylic acids is 2. The van der Waals surface area contributed by atoms with Crippen molar-refractivity contribution < 1.29 is 14.3 Å². The van der Waals surface area contributed by atoms with Crippen LogP contribution in [0.15, 0.2) is 24.3 Å². The Balaban J connectivity index is 2.42. The molecule has 0 radical (unpaired) electrons. The summed E-state index contributed by atoms with van der Waals surface area (Å²) in [4.78, 5) is 23.8. The van der Waals surface area contributed by atoms with Crippen LogP contribution >= 0.6 is 0 Å². The Bertz CT molecular complexity index is 417. The van der Waals surface area contributed by atoms with E-state index >= 15 is 0 Å². The molecule has 5 nitrogen and oxygen atoms in total. The van der Waals surface area contributed by atoms with Gasteiger partial charge in [-0.1, -0.05) is 12.1 Å². The molecule has 1 aromatic carbocycles. The fraction of sp³-hybridized carbons (Fsp3) is 0.200. The van der Waals surface area contributed by atoms with Crippen molar-refractivity contribution in [1.82, 2.24) is 0 Å². The molecule has 1 aliphatic heterocycles. The highest BCUT2D eigenvalue weighted by atomic mass is 16.6. The van der Waals surface area contributed by atoms with Crippen LogP contribution in [0.4, 0.5) is 10.5 Å². The quantitative estimate of drug-likeness (QED) is 0.775. The first-order valence-electron chi connectivity index (χ1n) is 4.53. The summed E-state index contributed by atoms with van der Waals surface area (Å²) in [6.07, 6.45) is -0.441. The van der Waals surface area contributed by atoms with Gasteiger partial charge in [-0.05, 0) is 12.1 Å². The minimum absolute atomic E-state index is 0.330. The second-order valence-corrected chi connectivity index (χ2v) is 3.15. The van der Waals surface area contributed by atoms with Gasteiger partial charge in [0, 0.05) is 0 Å². The third-order valence-corrected chi connectivity index (χ3v) is 2.22. The number of anilines is 1. The molecular formula is C10H10N2O3. The number of carbonyl (C=O) groups is 2. The lowest BCUT2D eigenvalue weighted by atomic mass is 10.1. The van der Waals surface area contributed by atoms with Crippen molar-refractivity contribution in [3.63, 3.8) is 0 Å². The Morgan fingerprint density at radius 2 is 2.13 bits per heavy atom. The molecule has 1 fully saturated rings. The van der Waals surface area contributed by atoms with Gasteiger partial charge in [-0.3, -0.25) is 9.69 Å². The number of ether oxygens (including phenoxy) is 1. The van der Waals surface area contributed by atoms with Gasteiger partial charge in [0.25, 0.3) is 5.91 Å². The summed E-state index contributed by atoms with van der Waals surface area (Å²) in [7, 11) is 0. The Morgan fingerprint density at radius 3 is 2.73 bits per heavy atom. The molecule has 2 amide bonds. The van der Waals surface area contributed by atoms with Gasteiger partial charge < -0.3 is 10.5 Å². The summed E-state index contributed by atoms with van der Waals surface area (Å²) in [5.41, 5.74) is 6.05. The van der Waals surface area contributed by atoms with Gasteiger partial charge in [0.05, 0.1) is 17.8 Å². The topological polar surface area (TPSA) is 72.6 Å². The summed E-state index contributed by atoms with van der Waals surface area (Å²) < 4.78 is 4.79. The van der Waals surface area contributed by atoms with Crippen molar-refractivity contribution in [3.8, 4) is 0 Å². The van der Waals surface area contributed by atoms with Crippen LogP contribution in [0, 0.1) is 0 Å². The number of nitrogens with zero attached hydrogens (tertiary/aromatic N) is 1. The van der Waals surface area contributed by atoms with Gasteiger partial charge in [0.2, 0.25) is 0 Å². The number of amides is 2.